The van der Waals surface area contributed by atoms with E-state index in [1.165, 1.54) is 17.5 Å². The van der Waals surface area contributed by atoms with Crippen LogP contribution in [0.1, 0.15) is 15.5 Å². The van der Waals surface area contributed by atoms with Gasteiger partial charge in [0.1, 0.15) is 0 Å². The quantitative estimate of drug-likeness (QED) is 0.747. The average Bonchev–Trinajstić information content (AvgIpc) is 3.09. The minimum atomic E-state index is -0.520. The van der Waals surface area contributed by atoms with Gasteiger partial charge in [0.2, 0.25) is 5.88 Å². The number of aromatic amines is 1. The summed E-state index contributed by atoms with van der Waals surface area (Å²) in [4.78, 5) is 17.3. The maximum Gasteiger partial charge on any atom is 0.365 e. The largest absolute Gasteiger partial charge is 0.403 e. The summed E-state index contributed by atoms with van der Waals surface area (Å²) < 4.78 is 5.20. The van der Waals surface area contributed by atoms with Gasteiger partial charge in [-0.25, -0.2) is 14.9 Å². The third-order valence-corrected chi connectivity index (χ3v) is 3.98. The number of thiazole rings is 1. The number of carbonyl (C=O) groups is 1. The zero-order valence-electron chi connectivity index (χ0n) is 11.0. The summed E-state index contributed by atoms with van der Waals surface area (Å²) in [5.41, 5.74) is 1.16. The van der Waals surface area contributed by atoms with Crippen molar-refractivity contribution < 1.29 is 9.53 Å². The van der Waals surface area contributed by atoms with Gasteiger partial charge in [-0.2, -0.15) is 5.10 Å². The molecule has 21 heavy (non-hydrogen) atoms. The zero-order chi connectivity index (χ0) is 14.8. The van der Waals surface area contributed by atoms with E-state index >= 15 is 0 Å². The molecule has 3 aromatic rings. The first kappa shape index (κ1) is 13.8. The molecule has 0 spiro atoms. The van der Waals surface area contributed by atoms with Gasteiger partial charge in [-0.1, -0.05) is 23.7 Å². The molecule has 0 radical (unpaired) electrons. The lowest BCUT2D eigenvalue weighted by molar-refractivity contribution is 0.0722. The lowest BCUT2D eigenvalue weighted by atomic mass is 10.1. The van der Waals surface area contributed by atoms with Crippen molar-refractivity contribution in [3.63, 3.8) is 0 Å². The summed E-state index contributed by atoms with van der Waals surface area (Å²) in [6.45, 7) is 1.84. The van der Waals surface area contributed by atoms with E-state index in [1.54, 1.807) is 18.2 Å². The molecule has 0 aliphatic rings. The molecule has 0 unspecified atom stereocenters. The van der Waals surface area contributed by atoms with E-state index in [4.69, 9.17) is 16.3 Å². The molecule has 0 saturated carbocycles. The van der Waals surface area contributed by atoms with Crippen molar-refractivity contribution in [3.05, 3.63) is 52.3 Å². The molecule has 7 heteroatoms. The van der Waals surface area contributed by atoms with Crippen molar-refractivity contribution in [1.82, 2.24) is 15.2 Å². The molecule has 5 nitrogen and oxygen atoms in total. The Hall–Kier alpha value is -2.18. The van der Waals surface area contributed by atoms with Gasteiger partial charge < -0.3 is 4.74 Å². The fourth-order valence-corrected chi connectivity index (χ4v) is 2.85. The Bertz CT molecular complexity index is 766. The van der Waals surface area contributed by atoms with Gasteiger partial charge in [0.25, 0.3) is 0 Å². The minimum absolute atomic E-state index is 0.285. The number of H-pyrrole nitrogens is 1. The van der Waals surface area contributed by atoms with E-state index < -0.39 is 5.97 Å². The first-order valence-electron chi connectivity index (χ1n) is 6.08. The van der Waals surface area contributed by atoms with Crippen LogP contribution < -0.4 is 4.74 Å². The SMILES string of the molecule is Cc1nc(C(=O)Oc2ccn[nH]2)c(-c2ccc(Cl)cc2)s1. The highest BCUT2D eigenvalue weighted by Gasteiger charge is 2.20. The van der Waals surface area contributed by atoms with Crippen LogP contribution >= 0.6 is 22.9 Å². The minimum Gasteiger partial charge on any atom is -0.403 e. The van der Waals surface area contributed by atoms with Crippen LogP contribution in [0.15, 0.2) is 36.5 Å². The van der Waals surface area contributed by atoms with Gasteiger partial charge >= 0.3 is 5.97 Å². The predicted octanol–water partition coefficient (Wildman–Crippen LogP) is 3.71. The van der Waals surface area contributed by atoms with Crippen LogP contribution in [0.2, 0.25) is 5.02 Å². The molecule has 106 valence electrons. The van der Waals surface area contributed by atoms with Crippen molar-refractivity contribution in [3.8, 4) is 16.3 Å². The number of rotatable bonds is 3. The zero-order valence-corrected chi connectivity index (χ0v) is 12.5. The number of aryl methyl sites for hydroxylation is 1. The van der Waals surface area contributed by atoms with Gasteiger partial charge in [0.05, 0.1) is 16.1 Å². The van der Waals surface area contributed by atoms with Crippen molar-refractivity contribution in [2.75, 3.05) is 0 Å². The molecule has 0 amide bonds. The maximum atomic E-state index is 12.2. The number of nitrogens with one attached hydrogen (secondary N) is 1. The fraction of sp³-hybridized carbons (Fsp3) is 0.0714. The van der Waals surface area contributed by atoms with Crippen LogP contribution in [0.5, 0.6) is 5.88 Å². The average molecular weight is 320 g/mol. The van der Waals surface area contributed by atoms with Crippen LogP contribution in [-0.4, -0.2) is 21.2 Å². The predicted molar refractivity (Wildman–Crippen MR) is 80.8 cm³/mol. The van der Waals surface area contributed by atoms with Gasteiger partial charge in [-0.15, -0.1) is 11.3 Å². The number of aromatic nitrogens is 3. The van der Waals surface area contributed by atoms with Crippen LogP contribution in [0.3, 0.4) is 0 Å². The highest BCUT2D eigenvalue weighted by atomic mass is 35.5. The third kappa shape index (κ3) is 2.96. The Kier molecular flexibility index (Phi) is 3.72. The van der Waals surface area contributed by atoms with Crippen LogP contribution in [0, 0.1) is 6.92 Å². The second-order valence-corrected chi connectivity index (χ2v) is 5.87. The molecule has 0 atom stereocenters. The number of ether oxygens (including phenoxy) is 1. The van der Waals surface area contributed by atoms with Gasteiger partial charge in [0, 0.05) is 11.1 Å². The first-order chi connectivity index (χ1) is 10.1. The maximum absolute atomic E-state index is 12.2. The Labute approximate surface area is 129 Å². The van der Waals surface area contributed by atoms with E-state index in [0.29, 0.717) is 5.02 Å². The summed E-state index contributed by atoms with van der Waals surface area (Å²) in [6.07, 6.45) is 1.51. The summed E-state index contributed by atoms with van der Waals surface area (Å²) in [6, 6.07) is 8.81. The van der Waals surface area contributed by atoms with Crippen LogP contribution in [0.25, 0.3) is 10.4 Å². The summed E-state index contributed by atoms with van der Waals surface area (Å²) in [5, 5.41) is 7.73. The molecule has 1 aromatic carbocycles. The first-order valence-corrected chi connectivity index (χ1v) is 7.28. The number of hydrogen-bond acceptors (Lipinski definition) is 5. The smallest absolute Gasteiger partial charge is 0.365 e. The summed E-state index contributed by atoms with van der Waals surface area (Å²) in [7, 11) is 0. The number of carbonyl (C=O) groups excluding carboxylic acids is 1. The van der Waals surface area contributed by atoms with Gasteiger partial charge in [0.15, 0.2) is 5.69 Å². The normalized spacial score (nSPS) is 10.6. The summed E-state index contributed by atoms with van der Waals surface area (Å²) in [5.74, 6) is -0.235. The number of hydrogen-bond donors (Lipinski definition) is 1. The monoisotopic (exact) mass is 319 g/mol. The van der Waals surface area contributed by atoms with E-state index in [2.05, 4.69) is 15.2 Å². The lowest BCUT2D eigenvalue weighted by Gasteiger charge is -2.02. The molecule has 0 saturated heterocycles. The van der Waals surface area contributed by atoms with Crippen LogP contribution in [0.4, 0.5) is 0 Å². The fourth-order valence-electron chi connectivity index (χ4n) is 1.81. The Balaban J connectivity index is 1.95. The van der Waals surface area contributed by atoms with E-state index in [9.17, 15) is 4.79 Å². The molecule has 2 heterocycles. The number of benzene rings is 1. The van der Waals surface area contributed by atoms with Crippen molar-refractivity contribution in [2.45, 2.75) is 6.92 Å². The Morgan fingerprint density at radius 1 is 1.29 bits per heavy atom. The second kappa shape index (κ2) is 5.67. The lowest BCUT2D eigenvalue weighted by Crippen LogP contribution is -2.10. The standard InChI is InChI=1S/C14H10ClN3O2S/c1-8-17-12(14(19)20-11-6-7-16-18-11)13(21-8)9-2-4-10(15)5-3-9/h2-7H,1H3,(H,16,18). The third-order valence-electron chi connectivity index (χ3n) is 2.71. The molecular weight excluding hydrogens is 310 g/mol. The molecule has 2 aromatic heterocycles. The number of esters is 1. The van der Waals surface area contributed by atoms with Gasteiger partial charge in [-0.05, 0) is 24.6 Å². The van der Waals surface area contributed by atoms with E-state index in [1.807, 2.05) is 19.1 Å². The molecule has 0 fully saturated rings. The van der Waals surface area contributed by atoms with E-state index in [-0.39, 0.29) is 11.6 Å². The highest BCUT2D eigenvalue weighted by Crippen LogP contribution is 2.31. The summed E-state index contributed by atoms with van der Waals surface area (Å²) >= 11 is 7.32. The van der Waals surface area contributed by atoms with Crippen molar-refractivity contribution in [1.29, 1.82) is 0 Å². The Morgan fingerprint density at radius 2 is 2.05 bits per heavy atom. The number of nitrogens with zero attached hydrogens (tertiary/aromatic N) is 2. The molecule has 1 N–H and O–H groups in total. The van der Waals surface area contributed by atoms with Crippen molar-refractivity contribution in [2.24, 2.45) is 0 Å². The molecule has 0 bridgehead atoms. The molecule has 3 rings (SSSR count). The molecule has 0 aliphatic heterocycles. The second-order valence-electron chi connectivity index (χ2n) is 4.23. The Morgan fingerprint density at radius 3 is 2.71 bits per heavy atom. The van der Waals surface area contributed by atoms with Gasteiger partial charge in [-0.3, -0.25) is 0 Å². The molecule has 0 aliphatic carbocycles. The molecular formula is C14H10ClN3O2S. The topological polar surface area (TPSA) is 67.9 Å². The number of halogens is 1. The highest BCUT2D eigenvalue weighted by molar-refractivity contribution is 7.15. The van der Waals surface area contributed by atoms with Crippen LogP contribution in [-0.2, 0) is 0 Å². The van der Waals surface area contributed by atoms with Crippen molar-refractivity contribution >= 4 is 28.9 Å². The van der Waals surface area contributed by atoms with E-state index in [0.717, 1.165) is 15.4 Å².